The van der Waals surface area contributed by atoms with E-state index < -0.39 is 0 Å². The Morgan fingerprint density at radius 3 is 2.64 bits per heavy atom. The van der Waals surface area contributed by atoms with Crippen molar-refractivity contribution in [1.29, 1.82) is 0 Å². The molecule has 0 aliphatic carbocycles. The van der Waals surface area contributed by atoms with Crippen LogP contribution in [-0.4, -0.2) is 25.9 Å². The van der Waals surface area contributed by atoms with Crippen LogP contribution in [0.1, 0.15) is 17.2 Å². The summed E-state index contributed by atoms with van der Waals surface area (Å²) in [6.45, 7) is 4.17. The zero-order valence-corrected chi connectivity index (χ0v) is 12.5. The minimum absolute atomic E-state index is 0.255. The van der Waals surface area contributed by atoms with Gasteiger partial charge in [0.1, 0.15) is 12.4 Å². The lowest BCUT2D eigenvalue weighted by Crippen LogP contribution is -2.24. The molecule has 0 bridgehead atoms. The molecule has 0 amide bonds. The van der Waals surface area contributed by atoms with Crippen molar-refractivity contribution in [1.82, 2.24) is 19.9 Å². The Labute approximate surface area is 127 Å². The number of anilines is 1. The Morgan fingerprint density at radius 1 is 1.18 bits per heavy atom. The highest BCUT2D eigenvalue weighted by atomic mass is 15.2. The molecule has 0 atom stereocenters. The standard InChI is InChI=1S/C15H17N7/c1-9-7-10(2)19-15(18-9)22-14(16)17-8-13-20-11-5-3-4-6-12(11)21-13/h3-7H,8H2,1-2H3,(H,20,21)(H3,16,17,18,19,22). The van der Waals surface area contributed by atoms with Gasteiger partial charge in [0.2, 0.25) is 5.95 Å². The second-order valence-corrected chi connectivity index (χ2v) is 5.00. The number of aromatic amines is 1. The van der Waals surface area contributed by atoms with Gasteiger partial charge in [0, 0.05) is 11.4 Å². The zero-order valence-electron chi connectivity index (χ0n) is 12.5. The van der Waals surface area contributed by atoms with E-state index in [2.05, 4.69) is 30.2 Å². The highest BCUT2D eigenvalue weighted by Gasteiger charge is 2.03. The number of aryl methyl sites for hydroxylation is 2. The number of H-pyrrole nitrogens is 1. The second-order valence-electron chi connectivity index (χ2n) is 5.00. The Morgan fingerprint density at radius 2 is 1.91 bits per heavy atom. The van der Waals surface area contributed by atoms with Crippen LogP contribution >= 0.6 is 0 Å². The topological polar surface area (TPSA) is 105 Å². The molecule has 112 valence electrons. The normalized spacial score (nSPS) is 11.8. The molecule has 0 saturated carbocycles. The molecule has 3 aromatic rings. The number of para-hydroxylation sites is 2. The van der Waals surface area contributed by atoms with Crippen molar-refractivity contribution < 1.29 is 0 Å². The number of benzene rings is 1. The summed E-state index contributed by atoms with van der Waals surface area (Å²) in [5.41, 5.74) is 9.51. The van der Waals surface area contributed by atoms with Gasteiger partial charge >= 0.3 is 0 Å². The summed E-state index contributed by atoms with van der Waals surface area (Å²) in [6.07, 6.45) is 0. The molecule has 0 saturated heterocycles. The number of aromatic nitrogens is 4. The van der Waals surface area contributed by atoms with Gasteiger partial charge in [-0.3, -0.25) is 5.32 Å². The number of imidazole rings is 1. The number of fused-ring (bicyclic) bond motifs is 1. The van der Waals surface area contributed by atoms with Crippen molar-refractivity contribution in [2.24, 2.45) is 10.7 Å². The predicted molar refractivity (Wildman–Crippen MR) is 86.5 cm³/mol. The van der Waals surface area contributed by atoms with Crippen LogP contribution in [0.3, 0.4) is 0 Å². The summed E-state index contributed by atoms with van der Waals surface area (Å²) < 4.78 is 0. The van der Waals surface area contributed by atoms with E-state index in [-0.39, 0.29) is 5.96 Å². The fraction of sp³-hybridized carbons (Fsp3) is 0.200. The molecule has 0 fully saturated rings. The van der Waals surface area contributed by atoms with Gasteiger partial charge in [-0.25, -0.2) is 19.9 Å². The second kappa shape index (κ2) is 5.80. The van der Waals surface area contributed by atoms with E-state index in [0.29, 0.717) is 12.5 Å². The zero-order chi connectivity index (χ0) is 15.5. The van der Waals surface area contributed by atoms with E-state index >= 15 is 0 Å². The highest BCUT2D eigenvalue weighted by molar-refractivity contribution is 5.90. The lowest BCUT2D eigenvalue weighted by Gasteiger charge is -2.05. The highest BCUT2D eigenvalue weighted by Crippen LogP contribution is 2.10. The van der Waals surface area contributed by atoms with Gasteiger partial charge in [-0.2, -0.15) is 0 Å². The molecule has 0 aliphatic heterocycles. The summed E-state index contributed by atoms with van der Waals surface area (Å²) >= 11 is 0. The van der Waals surface area contributed by atoms with Crippen LogP contribution in [0.5, 0.6) is 0 Å². The molecular weight excluding hydrogens is 278 g/mol. The average molecular weight is 295 g/mol. The number of nitrogens with zero attached hydrogens (tertiary/aromatic N) is 4. The smallest absolute Gasteiger partial charge is 0.229 e. The lowest BCUT2D eigenvalue weighted by atomic mass is 10.3. The van der Waals surface area contributed by atoms with Gasteiger partial charge in [0.15, 0.2) is 5.96 Å². The van der Waals surface area contributed by atoms with E-state index in [1.165, 1.54) is 0 Å². The van der Waals surface area contributed by atoms with Gasteiger partial charge in [-0.1, -0.05) is 12.1 Å². The van der Waals surface area contributed by atoms with Crippen molar-refractivity contribution >= 4 is 22.9 Å². The van der Waals surface area contributed by atoms with Gasteiger partial charge in [0.25, 0.3) is 0 Å². The molecule has 7 heteroatoms. The Bertz CT molecular complexity index is 782. The largest absolute Gasteiger partial charge is 0.370 e. The number of aliphatic imine (C=N–C) groups is 1. The molecule has 4 N–H and O–H groups in total. The van der Waals surface area contributed by atoms with Crippen LogP contribution in [0.25, 0.3) is 11.0 Å². The van der Waals surface area contributed by atoms with Gasteiger partial charge in [0.05, 0.1) is 11.0 Å². The Kier molecular flexibility index (Phi) is 3.69. The molecule has 7 nitrogen and oxygen atoms in total. The number of hydrogen-bond donors (Lipinski definition) is 3. The molecule has 2 aromatic heterocycles. The SMILES string of the molecule is Cc1cc(C)nc(NC(N)=NCc2nc3ccccc3[nH]2)n1. The maximum Gasteiger partial charge on any atom is 0.229 e. The van der Waals surface area contributed by atoms with E-state index in [4.69, 9.17) is 5.73 Å². The quantitative estimate of drug-likeness (QED) is 0.505. The number of nitrogens with two attached hydrogens (primary N) is 1. The minimum atomic E-state index is 0.255. The van der Waals surface area contributed by atoms with Crippen molar-refractivity contribution in [3.63, 3.8) is 0 Å². The van der Waals surface area contributed by atoms with Gasteiger partial charge in [-0.05, 0) is 32.0 Å². The van der Waals surface area contributed by atoms with E-state index in [1.54, 1.807) is 0 Å². The number of guanidine groups is 1. The number of hydrogen-bond acceptors (Lipinski definition) is 4. The molecule has 0 aliphatic rings. The fourth-order valence-electron chi connectivity index (χ4n) is 2.18. The third kappa shape index (κ3) is 3.20. The van der Waals surface area contributed by atoms with Gasteiger partial charge in [-0.15, -0.1) is 0 Å². The van der Waals surface area contributed by atoms with E-state index in [1.807, 2.05) is 44.2 Å². The first kappa shape index (κ1) is 14.0. The first-order valence-electron chi connectivity index (χ1n) is 6.93. The molecule has 0 spiro atoms. The fourth-order valence-corrected chi connectivity index (χ4v) is 2.18. The van der Waals surface area contributed by atoms with Crippen LogP contribution in [0.15, 0.2) is 35.3 Å². The first-order valence-corrected chi connectivity index (χ1v) is 6.93. The maximum absolute atomic E-state index is 5.87. The summed E-state index contributed by atoms with van der Waals surface area (Å²) in [5.74, 6) is 1.46. The molecule has 3 rings (SSSR count). The molecule has 0 unspecified atom stereocenters. The van der Waals surface area contributed by atoms with Crippen LogP contribution in [0, 0.1) is 13.8 Å². The monoisotopic (exact) mass is 295 g/mol. The molecule has 22 heavy (non-hydrogen) atoms. The molecular formula is C15H17N7. The van der Waals surface area contributed by atoms with Crippen LogP contribution in [0.2, 0.25) is 0 Å². The first-order chi connectivity index (χ1) is 10.6. The third-order valence-corrected chi connectivity index (χ3v) is 3.06. The molecule has 0 radical (unpaired) electrons. The third-order valence-electron chi connectivity index (χ3n) is 3.06. The Hall–Kier alpha value is -2.96. The van der Waals surface area contributed by atoms with E-state index in [9.17, 15) is 0 Å². The summed E-state index contributed by atoms with van der Waals surface area (Å²) in [7, 11) is 0. The van der Waals surface area contributed by atoms with Crippen molar-refractivity contribution in [2.45, 2.75) is 20.4 Å². The van der Waals surface area contributed by atoms with Crippen LogP contribution < -0.4 is 11.1 Å². The van der Waals surface area contributed by atoms with Crippen LogP contribution in [0.4, 0.5) is 5.95 Å². The van der Waals surface area contributed by atoms with Crippen molar-refractivity contribution in [2.75, 3.05) is 5.32 Å². The number of rotatable bonds is 3. The summed E-state index contributed by atoms with van der Waals surface area (Å²) in [5, 5.41) is 2.89. The maximum atomic E-state index is 5.87. The molecule has 2 heterocycles. The summed E-state index contributed by atoms with van der Waals surface area (Å²) in [4.78, 5) is 20.4. The lowest BCUT2D eigenvalue weighted by molar-refractivity contribution is 0.952. The molecule has 1 aromatic carbocycles. The van der Waals surface area contributed by atoms with Gasteiger partial charge < -0.3 is 10.7 Å². The Balaban J connectivity index is 1.71. The van der Waals surface area contributed by atoms with E-state index in [0.717, 1.165) is 28.2 Å². The van der Waals surface area contributed by atoms with Crippen molar-refractivity contribution in [3.05, 3.63) is 47.5 Å². The summed E-state index contributed by atoms with van der Waals surface area (Å²) in [6, 6.07) is 9.72. The number of nitrogens with one attached hydrogen (secondary N) is 2. The van der Waals surface area contributed by atoms with Crippen molar-refractivity contribution in [3.8, 4) is 0 Å². The minimum Gasteiger partial charge on any atom is -0.370 e. The average Bonchev–Trinajstić information content (AvgIpc) is 2.87. The predicted octanol–water partition coefficient (Wildman–Crippen LogP) is 1.90. The van der Waals surface area contributed by atoms with Crippen LogP contribution in [-0.2, 0) is 6.54 Å².